The van der Waals surface area contributed by atoms with Crippen molar-refractivity contribution in [1.29, 1.82) is 0 Å². The quantitative estimate of drug-likeness (QED) is 0.337. The monoisotopic (exact) mass is 190 g/mol. The van der Waals surface area contributed by atoms with Crippen LogP contribution in [0.1, 0.15) is 6.92 Å². The van der Waals surface area contributed by atoms with Crippen molar-refractivity contribution in [3.63, 3.8) is 0 Å². The Morgan fingerprint density at radius 3 is 2.69 bits per heavy atom. The summed E-state index contributed by atoms with van der Waals surface area (Å²) in [6, 6.07) is 0. The third kappa shape index (κ3) is 9.26. The second-order valence-corrected chi connectivity index (χ2v) is 2.66. The van der Waals surface area contributed by atoms with Crippen LogP contribution in [-0.4, -0.2) is 51.4 Å². The Kier molecular flexibility index (Phi) is 7.57. The van der Waals surface area contributed by atoms with Crippen LogP contribution in [0.25, 0.3) is 0 Å². The predicted molar refractivity (Wildman–Crippen MR) is 49.1 cm³/mol. The molecule has 0 aromatic carbocycles. The number of rotatable bonds is 7. The van der Waals surface area contributed by atoms with Gasteiger partial charge in [-0.3, -0.25) is 10.4 Å². The lowest BCUT2D eigenvalue weighted by Crippen LogP contribution is -2.33. The summed E-state index contributed by atoms with van der Waals surface area (Å²) >= 11 is 0. The van der Waals surface area contributed by atoms with Gasteiger partial charge in [-0.15, -0.1) is 0 Å². The number of carbonyl (C=O) groups excluding carboxylic acids is 1. The number of esters is 1. The normalized spacial score (nSPS) is 10.5. The van der Waals surface area contributed by atoms with E-state index < -0.39 is 0 Å². The molecular weight excluding hydrogens is 172 g/mol. The fourth-order valence-corrected chi connectivity index (χ4v) is 0.700. The number of nitrogens with zero attached hydrogens (tertiary/aromatic N) is 1. The highest BCUT2D eigenvalue weighted by atomic mass is 16.6. The molecule has 1 N–H and O–H groups in total. The second-order valence-electron chi connectivity index (χ2n) is 2.66. The Hall–Kier alpha value is -0.650. The number of carbonyl (C=O) groups is 1. The van der Waals surface area contributed by atoms with Gasteiger partial charge in [0.05, 0.1) is 13.2 Å². The molecule has 0 atom stereocenters. The molecule has 0 saturated heterocycles. The summed E-state index contributed by atoms with van der Waals surface area (Å²) in [5.74, 6) is -0.313. The molecule has 0 saturated carbocycles. The molecule has 0 fully saturated rings. The first kappa shape index (κ1) is 12.3. The van der Waals surface area contributed by atoms with Crippen LogP contribution in [-0.2, 0) is 14.3 Å². The van der Waals surface area contributed by atoms with Gasteiger partial charge in [0.15, 0.2) is 0 Å². The molecule has 78 valence electrons. The zero-order valence-corrected chi connectivity index (χ0v) is 8.50. The number of nitrogens with one attached hydrogen (secondary N) is 1. The molecule has 0 spiro atoms. The first-order valence-corrected chi connectivity index (χ1v) is 4.31. The summed E-state index contributed by atoms with van der Waals surface area (Å²) in [5.41, 5.74) is 3.01. The van der Waals surface area contributed by atoms with Crippen molar-refractivity contribution in [2.24, 2.45) is 0 Å². The van der Waals surface area contributed by atoms with Crippen molar-refractivity contribution in [2.45, 2.75) is 6.92 Å². The molecule has 0 aromatic heterocycles. The zero-order valence-electron chi connectivity index (χ0n) is 8.50. The topological polar surface area (TPSA) is 50.8 Å². The van der Waals surface area contributed by atoms with E-state index in [1.165, 1.54) is 0 Å². The Morgan fingerprint density at radius 2 is 2.15 bits per heavy atom. The van der Waals surface area contributed by atoms with Gasteiger partial charge >= 0.3 is 5.97 Å². The van der Waals surface area contributed by atoms with Gasteiger partial charge in [0.2, 0.25) is 0 Å². The van der Waals surface area contributed by atoms with E-state index in [-0.39, 0.29) is 12.6 Å². The average molecular weight is 190 g/mol. The van der Waals surface area contributed by atoms with Gasteiger partial charge in [0, 0.05) is 20.6 Å². The summed E-state index contributed by atoms with van der Waals surface area (Å²) in [4.78, 5) is 10.8. The Balaban J connectivity index is 3.11. The molecule has 0 radical (unpaired) electrons. The molecule has 0 unspecified atom stereocenters. The lowest BCUT2D eigenvalue weighted by Gasteiger charge is -2.11. The molecule has 5 nitrogen and oxygen atoms in total. The molecule has 0 aromatic rings. The number of hydrogen-bond acceptors (Lipinski definition) is 5. The van der Waals surface area contributed by atoms with Crippen molar-refractivity contribution >= 4 is 5.97 Å². The lowest BCUT2D eigenvalue weighted by atomic mass is 10.6. The molecule has 13 heavy (non-hydrogen) atoms. The minimum absolute atomic E-state index is 0.0307. The van der Waals surface area contributed by atoms with E-state index in [1.807, 2.05) is 19.1 Å². The van der Waals surface area contributed by atoms with Gasteiger partial charge in [0.1, 0.15) is 6.61 Å². The van der Waals surface area contributed by atoms with Gasteiger partial charge < -0.3 is 9.47 Å². The van der Waals surface area contributed by atoms with E-state index in [0.717, 1.165) is 0 Å². The maximum atomic E-state index is 10.8. The Morgan fingerprint density at radius 1 is 1.46 bits per heavy atom. The molecule has 0 aliphatic rings. The first-order chi connectivity index (χ1) is 6.16. The third-order valence-corrected chi connectivity index (χ3v) is 1.20. The lowest BCUT2D eigenvalue weighted by molar-refractivity contribution is -0.148. The highest BCUT2D eigenvalue weighted by molar-refractivity contribution is 5.70. The van der Waals surface area contributed by atoms with Gasteiger partial charge in [0.25, 0.3) is 0 Å². The van der Waals surface area contributed by atoms with Crippen LogP contribution >= 0.6 is 0 Å². The maximum Gasteiger partial charge on any atom is 0.332 e. The Labute approximate surface area is 79.0 Å². The van der Waals surface area contributed by atoms with E-state index in [9.17, 15) is 4.79 Å². The summed E-state index contributed by atoms with van der Waals surface area (Å²) in [5, 5.41) is 1.83. The summed E-state index contributed by atoms with van der Waals surface area (Å²) in [7, 11) is 3.79. The van der Waals surface area contributed by atoms with Crippen molar-refractivity contribution < 1.29 is 14.3 Å². The van der Waals surface area contributed by atoms with Crippen LogP contribution < -0.4 is 5.43 Å². The fraction of sp³-hybridized carbons (Fsp3) is 0.875. The van der Waals surface area contributed by atoms with Crippen molar-refractivity contribution in [3.05, 3.63) is 0 Å². The van der Waals surface area contributed by atoms with Crippen LogP contribution in [0.3, 0.4) is 0 Å². The van der Waals surface area contributed by atoms with Crippen LogP contribution in [0.5, 0.6) is 0 Å². The van der Waals surface area contributed by atoms with E-state index in [1.54, 1.807) is 6.92 Å². The van der Waals surface area contributed by atoms with Gasteiger partial charge in [-0.25, -0.2) is 4.79 Å². The highest BCUT2D eigenvalue weighted by Gasteiger charge is 1.99. The van der Waals surface area contributed by atoms with Gasteiger partial charge in [-0.2, -0.15) is 0 Å². The van der Waals surface area contributed by atoms with E-state index in [0.29, 0.717) is 19.8 Å². The molecule has 0 heterocycles. The molecule has 0 bridgehead atoms. The first-order valence-electron chi connectivity index (χ1n) is 4.31. The molecule has 0 aliphatic carbocycles. The molecule has 5 heteroatoms. The zero-order chi connectivity index (χ0) is 10.1. The van der Waals surface area contributed by atoms with E-state index >= 15 is 0 Å². The second kappa shape index (κ2) is 7.97. The number of ether oxygens (including phenoxy) is 2. The smallest absolute Gasteiger partial charge is 0.332 e. The van der Waals surface area contributed by atoms with Crippen molar-refractivity contribution in [1.82, 2.24) is 10.4 Å². The average Bonchev–Trinajstić information content (AvgIpc) is 2.03. The Bertz CT molecular complexity index is 139. The summed E-state index contributed by atoms with van der Waals surface area (Å²) in [6.07, 6.45) is 0. The minimum atomic E-state index is -0.313. The largest absolute Gasteiger partial charge is 0.464 e. The fourth-order valence-electron chi connectivity index (χ4n) is 0.700. The van der Waals surface area contributed by atoms with Crippen LogP contribution in [0.15, 0.2) is 0 Å². The SMILES string of the molecule is CCOC(=O)COCCNN(C)C. The van der Waals surface area contributed by atoms with Crippen LogP contribution in [0.4, 0.5) is 0 Å². The standard InChI is InChI=1S/C8H18N2O3/c1-4-13-8(11)7-12-6-5-9-10(2)3/h9H,4-7H2,1-3H3. The van der Waals surface area contributed by atoms with Crippen LogP contribution in [0.2, 0.25) is 0 Å². The highest BCUT2D eigenvalue weighted by Crippen LogP contribution is 1.80. The minimum Gasteiger partial charge on any atom is -0.464 e. The van der Waals surface area contributed by atoms with Crippen LogP contribution in [0, 0.1) is 0 Å². The number of hydrogen-bond donors (Lipinski definition) is 1. The van der Waals surface area contributed by atoms with E-state index in [4.69, 9.17) is 4.74 Å². The van der Waals surface area contributed by atoms with Crippen molar-refractivity contribution in [2.75, 3.05) is 40.5 Å². The molecule has 0 amide bonds. The molecular formula is C8H18N2O3. The number of hydrazine groups is 1. The van der Waals surface area contributed by atoms with Gasteiger partial charge in [-0.05, 0) is 6.92 Å². The van der Waals surface area contributed by atoms with Crippen molar-refractivity contribution in [3.8, 4) is 0 Å². The van der Waals surface area contributed by atoms with Gasteiger partial charge in [-0.1, -0.05) is 0 Å². The summed E-state index contributed by atoms with van der Waals surface area (Å²) in [6.45, 7) is 3.38. The summed E-state index contributed by atoms with van der Waals surface area (Å²) < 4.78 is 9.71. The molecule has 0 aliphatic heterocycles. The molecule has 0 rings (SSSR count). The predicted octanol–water partition coefficient (Wildman–Crippen LogP) is -0.368. The third-order valence-electron chi connectivity index (χ3n) is 1.20. The maximum absolute atomic E-state index is 10.8. The van der Waals surface area contributed by atoms with E-state index in [2.05, 4.69) is 10.2 Å².